The Morgan fingerprint density at radius 2 is 0.824 bits per heavy atom. The van der Waals surface area contributed by atoms with Gasteiger partial charge in [-0.05, 0) is 70.8 Å². The lowest BCUT2D eigenvalue weighted by atomic mass is 10.1. The van der Waals surface area contributed by atoms with Crippen LogP contribution < -0.4 is 9.47 Å². The van der Waals surface area contributed by atoms with E-state index in [2.05, 4.69) is 0 Å². The Kier molecular flexibility index (Phi) is 6.78. The van der Waals surface area contributed by atoms with Crippen LogP contribution in [0.4, 0.5) is 11.4 Å². The van der Waals surface area contributed by atoms with Gasteiger partial charge in [-0.15, -0.1) is 0 Å². The number of hydrogen-bond acceptors (Lipinski definition) is 6. The van der Waals surface area contributed by atoms with Crippen LogP contribution in [0, 0.1) is 20.2 Å². The molecule has 4 aromatic rings. The van der Waals surface area contributed by atoms with Crippen molar-refractivity contribution < 1.29 is 19.3 Å². The number of nitro groups is 2. The Bertz CT molecular complexity index is 1170. The minimum Gasteiger partial charge on any atom is -0.489 e. The fraction of sp³-hybridized carbons (Fsp3) is 0.0769. The lowest BCUT2D eigenvalue weighted by Crippen LogP contribution is -1.96. The molecule has 0 fully saturated rings. The molecule has 0 aliphatic rings. The van der Waals surface area contributed by atoms with Crippen LogP contribution in [0.25, 0.3) is 11.1 Å². The zero-order valence-corrected chi connectivity index (χ0v) is 18.0. The van der Waals surface area contributed by atoms with Crippen molar-refractivity contribution in [2.45, 2.75) is 13.2 Å². The highest BCUT2D eigenvalue weighted by molar-refractivity contribution is 5.64. The first-order valence-electron chi connectivity index (χ1n) is 10.4. The van der Waals surface area contributed by atoms with Crippen LogP contribution in [0.5, 0.6) is 11.5 Å². The molecule has 0 heterocycles. The molecule has 8 nitrogen and oxygen atoms in total. The summed E-state index contributed by atoms with van der Waals surface area (Å²) >= 11 is 0. The molecular weight excluding hydrogens is 436 g/mol. The number of ether oxygens (including phenoxy) is 2. The van der Waals surface area contributed by atoms with Crippen LogP contribution in [0.1, 0.15) is 11.1 Å². The second kappa shape index (κ2) is 10.3. The molecule has 0 spiro atoms. The molecule has 0 N–H and O–H groups in total. The van der Waals surface area contributed by atoms with Gasteiger partial charge in [-0.25, -0.2) is 0 Å². The van der Waals surface area contributed by atoms with Gasteiger partial charge in [0, 0.05) is 24.3 Å². The van der Waals surface area contributed by atoms with E-state index in [1.807, 2.05) is 48.5 Å². The van der Waals surface area contributed by atoms with Crippen molar-refractivity contribution in [1.29, 1.82) is 0 Å². The van der Waals surface area contributed by atoms with E-state index in [9.17, 15) is 20.2 Å². The minimum absolute atomic E-state index is 0.0517. The Balaban J connectivity index is 1.31. The zero-order valence-electron chi connectivity index (χ0n) is 18.0. The third-order valence-electron chi connectivity index (χ3n) is 5.15. The summed E-state index contributed by atoms with van der Waals surface area (Å²) in [6, 6.07) is 27.9. The molecule has 170 valence electrons. The Hall–Kier alpha value is -4.72. The molecule has 0 aliphatic heterocycles. The van der Waals surface area contributed by atoms with Crippen molar-refractivity contribution in [3.05, 3.63) is 128 Å². The Morgan fingerprint density at radius 3 is 1.12 bits per heavy atom. The van der Waals surface area contributed by atoms with Crippen LogP contribution >= 0.6 is 0 Å². The van der Waals surface area contributed by atoms with Crippen molar-refractivity contribution in [1.82, 2.24) is 0 Å². The second-order valence-corrected chi connectivity index (χ2v) is 7.47. The molecule has 0 radical (unpaired) electrons. The number of benzene rings is 4. The van der Waals surface area contributed by atoms with Crippen molar-refractivity contribution in [2.24, 2.45) is 0 Å². The molecule has 34 heavy (non-hydrogen) atoms. The molecule has 4 aromatic carbocycles. The number of nitrogens with zero attached hydrogens (tertiary/aromatic N) is 2. The molecule has 8 heteroatoms. The van der Waals surface area contributed by atoms with Gasteiger partial charge in [0.25, 0.3) is 11.4 Å². The molecule has 0 bridgehead atoms. The summed E-state index contributed by atoms with van der Waals surface area (Å²) in [5.74, 6) is 1.40. The highest BCUT2D eigenvalue weighted by atomic mass is 16.6. The van der Waals surface area contributed by atoms with Crippen LogP contribution in [0.2, 0.25) is 0 Å². The third-order valence-corrected chi connectivity index (χ3v) is 5.15. The number of nitro benzene ring substituents is 2. The van der Waals surface area contributed by atoms with Gasteiger partial charge in [0.2, 0.25) is 0 Å². The molecule has 0 saturated carbocycles. The van der Waals surface area contributed by atoms with Crippen molar-refractivity contribution in [3.8, 4) is 22.6 Å². The summed E-state index contributed by atoms with van der Waals surface area (Å²) in [7, 11) is 0. The first-order chi connectivity index (χ1) is 16.5. The monoisotopic (exact) mass is 456 g/mol. The first-order valence-corrected chi connectivity index (χ1v) is 10.4. The average Bonchev–Trinajstić information content (AvgIpc) is 2.87. The highest BCUT2D eigenvalue weighted by Gasteiger charge is 2.06. The summed E-state index contributed by atoms with van der Waals surface area (Å²) in [6.45, 7) is 0.635. The van der Waals surface area contributed by atoms with E-state index in [1.54, 1.807) is 24.3 Å². The maximum atomic E-state index is 10.7. The van der Waals surface area contributed by atoms with E-state index >= 15 is 0 Å². The number of non-ortho nitro benzene ring substituents is 2. The van der Waals surface area contributed by atoms with Crippen molar-refractivity contribution in [3.63, 3.8) is 0 Å². The van der Waals surface area contributed by atoms with E-state index in [4.69, 9.17) is 9.47 Å². The molecule has 4 rings (SSSR count). The maximum absolute atomic E-state index is 10.7. The van der Waals surface area contributed by atoms with Crippen LogP contribution in [0.3, 0.4) is 0 Å². The maximum Gasteiger partial charge on any atom is 0.269 e. The van der Waals surface area contributed by atoms with E-state index < -0.39 is 9.85 Å². The summed E-state index contributed by atoms with van der Waals surface area (Å²) in [4.78, 5) is 20.6. The van der Waals surface area contributed by atoms with Gasteiger partial charge in [-0.1, -0.05) is 24.3 Å². The summed E-state index contributed by atoms with van der Waals surface area (Å²) < 4.78 is 11.5. The molecule has 0 atom stereocenters. The van der Waals surface area contributed by atoms with Crippen molar-refractivity contribution >= 4 is 11.4 Å². The van der Waals surface area contributed by atoms with Crippen molar-refractivity contribution in [2.75, 3.05) is 0 Å². The number of rotatable bonds is 9. The fourth-order valence-electron chi connectivity index (χ4n) is 3.25. The molecule has 0 aliphatic carbocycles. The smallest absolute Gasteiger partial charge is 0.269 e. The predicted octanol–water partition coefficient (Wildman–Crippen LogP) is 6.33. The topological polar surface area (TPSA) is 105 Å². The summed E-state index contributed by atoms with van der Waals surface area (Å²) in [5.41, 5.74) is 3.83. The van der Waals surface area contributed by atoms with Gasteiger partial charge in [0.15, 0.2) is 0 Å². The summed E-state index contributed by atoms with van der Waals surface area (Å²) in [6.07, 6.45) is 0. The minimum atomic E-state index is -0.430. The number of hydrogen-bond donors (Lipinski definition) is 0. The molecule has 0 aromatic heterocycles. The molecular formula is C26H20N2O6. The van der Waals surface area contributed by atoms with Crippen LogP contribution in [-0.4, -0.2) is 9.85 Å². The normalized spacial score (nSPS) is 10.5. The van der Waals surface area contributed by atoms with Gasteiger partial charge < -0.3 is 9.47 Å². The standard InChI is InChI=1S/C26H20N2O6/c29-27(30)23-9-1-19(2-10-23)17-33-25-13-5-21(6-14-25)22-7-15-26(16-8-22)34-18-20-3-11-24(12-4-20)28(31)32/h1-16H,17-18H2. The first kappa shape index (κ1) is 22.5. The SMILES string of the molecule is O=[N+]([O-])c1ccc(COc2ccc(-c3ccc(OCc4ccc([N+](=O)[O-])cc4)cc3)cc2)cc1. The third kappa shape index (κ3) is 5.74. The van der Waals surface area contributed by atoms with Crippen LogP contribution in [0.15, 0.2) is 97.1 Å². The molecule has 0 saturated heterocycles. The lowest BCUT2D eigenvalue weighted by Gasteiger charge is -2.09. The molecule has 0 unspecified atom stereocenters. The lowest BCUT2D eigenvalue weighted by molar-refractivity contribution is -0.385. The predicted molar refractivity (Wildman–Crippen MR) is 127 cm³/mol. The average molecular weight is 456 g/mol. The van der Waals surface area contributed by atoms with Gasteiger partial charge in [0.05, 0.1) is 9.85 Å². The summed E-state index contributed by atoms with van der Waals surface area (Å²) in [5, 5.41) is 21.5. The molecule has 0 amide bonds. The van der Waals surface area contributed by atoms with Gasteiger partial charge >= 0.3 is 0 Å². The highest BCUT2D eigenvalue weighted by Crippen LogP contribution is 2.26. The van der Waals surface area contributed by atoms with E-state index in [0.717, 1.165) is 22.3 Å². The van der Waals surface area contributed by atoms with Gasteiger partial charge in [-0.3, -0.25) is 20.2 Å². The van der Waals surface area contributed by atoms with E-state index in [-0.39, 0.29) is 11.4 Å². The van der Waals surface area contributed by atoms with E-state index in [0.29, 0.717) is 24.7 Å². The fourth-order valence-corrected chi connectivity index (χ4v) is 3.25. The quantitative estimate of drug-likeness (QED) is 0.215. The Labute approximate surface area is 195 Å². The largest absolute Gasteiger partial charge is 0.489 e. The second-order valence-electron chi connectivity index (χ2n) is 7.47. The van der Waals surface area contributed by atoms with Crippen LogP contribution in [-0.2, 0) is 13.2 Å². The van der Waals surface area contributed by atoms with E-state index in [1.165, 1.54) is 24.3 Å². The van der Waals surface area contributed by atoms with Gasteiger partial charge in [0.1, 0.15) is 24.7 Å². The van der Waals surface area contributed by atoms with Gasteiger partial charge in [-0.2, -0.15) is 0 Å². The Morgan fingerprint density at radius 1 is 0.500 bits per heavy atom. The zero-order chi connectivity index (χ0) is 23.9.